The summed E-state index contributed by atoms with van der Waals surface area (Å²) in [6, 6.07) is 2.05. The number of nitrogens with zero attached hydrogens (tertiary/aromatic N) is 5. The minimum atomic E-state index is -0.0851. The quantitative estimate of drug-likeness (QED) is 0.837. The Morgan fingerprint density at radius 1 is 1.40 bits per heavy atom. The second-order valence-electron chi connectivity index (χ2n) is 4.95. The first-order chi connectivity index (χ1) is 9.42. The monoisotopic (exact) mass is 295 g/mol. The molecule has 0 saturated carbocycles. The van der Waals surface area contributed by atoms with Gasteiger partial charge >= 0.3 is 6.03 Å². The van der Waals surface area contributed by atoms with Crippen LogP contribution in [0.15, 0.2) is 0 Å². The minimum Gasteiger partial charge on any atom is -0.328 e. The van der Waals surface area contributed by atoms with Crippen LogP contribution in [-0.4, -0.2) is 40.8 Å². The molecule has 6 nitrogen and oxygen atoms in total. The Kier molecular flexibility index (Phi) is 5.89. The van der Waals surface area contributed by atoms with Gasteiger partial charge in [-0.15, -0.1) is 10.2 Å². The van der Waals surface area contributed by atoms with Gasteiger partial charge in [0, 0.05) is 32.0 Å². The fourth-order valence-corrected chi connectivity index (χ4v) is 2.61. The van der Waals surface area contributed by atoms with Crippen LogP contribution >= 0.6 is 11.3 Å². The molecule has 20 heavy (non-hydrogen) atoms. The lowest BCUT2D eigenvalue weighted by atomic mass is 10.1. The van der Waals surface area contributed by atoms with E-state index in [2.05, 4.69) is 16.3 Å². The first kappa shape index (κ1) is 16.4. The van der Waals surface area contributed by atoms with Crippen molar-refractivity contribution in [3.05, 3.63) is 5.01 Å². The zero-order chi connectivity index (χ0) is 15.3. The van der Waals surface area contributed by atoms with Crippen molar-refractivity contribution in [2.45, 2.75) is 46.1 Å². The number of carbonyl (C=O) groups excluding carboxylic acids is 1. The average molecular weight is 295 g/mol. The van der Waals surface area contributed by atoms with Crippen LogP contribution in [0.2, 0.25) is 0 Å². The number of nitriles is 1. The summed E-state index contributed by atoms with van der Waals surface area (Å²) < 4.78 is 0. The van der Waals surface area contributed by atoms with Crippen LogP contribution in [0.4, 0.5) is 9.93 Å². The third kappa shape index (κ3) is 3.67. The van der Waals surface area contributed by atoms with Gasteiger partial charge in [0.25, 0.3) is 0 Å². The van der Waals surface area contributed by atoms with Gasteiger partial charge in [-0.1, -0.05) is 18.3 Å². The summed E-state index contributed by atoms with van der Waals surface area (Å²) >= 11 is 1.38. The lowest BCUT2D eigenvalue weighted by Crippen LogP contribution is -2.45. The predicted octanol–water partition coefficient (Wildman–Crippen LogP) is 2.84. The normalized spacial score (nSPS) is 12.1. The first-order valence-electron chi connectivity index (χ1n) is 6.67. The molecule has 110 valence electrons. The van der Waals surface area contributed by atoms with E-state index in [0.29, 0.717) is 18.1 Å². The average Bonchev–Trinajstić information content (AvgIpc) is 2.87. The van der Waals surface area contributed by atoms with Crippen LogP contribution in [0.5, 0.6) is 0 Å². The maximum absolute atomic E-state index is 12.4. The molecule has 1 atom stereocenters. The molecule has 1 aromatic heterocycles. The molecule has 0 aliphatic rings. The van der Waals surface area contributed by atoms with Crippen molar-refractivity contribution in [2.24, 2.45) is 0 Å². The second kappa shape index (κ2) is 7.20. The lowest BCUT2D eigenvalue weighted by Gasteiger charge is -2.28. The molecule has 0 aromatic carbocycles. The molecule has 0 spiro atoms. The van der Waals surface area contributed by atoms with Crippen LogP contribution in [0, 0.1) is 11.3 Å². The number of aromatic nitrogens is 2. The molecule has 1 heterocycles. The highest BCUT2D eigenvalue weighted by molar-refractivity contribution is 7.15. The van der Waals surface area contributed by atoms with Crippen molar-refractivity contribution in [1.29, 1.82) is 5.26 Å². The van der Waals surface area contributed by atoms with E-state index in [9.17, 15) is 4.79 Å². The van der Waals surface area contributed by atoms with Crippen molar-refractivity contribution in [3.63, 3.8) is 0 Å². The van der Waals surface area contributed by atoms with E-state index >= 15 is 0 Å². The van der Waals surface area contributed by atoms with E-state index in [1.807, 2.05) is 27.7 Å². The maximum Gasteiger partial charge on any atom is 0.326 e. The summed E-state index contributed by atoms with van der Waals surface area (Å²) in [7, 11) is 1.76. The second-order valence-corrected chi connectivity index (χ2v) is 5.93. The van der Waals surface area contributed by atoms with Gasteiger partial charge in [0.15, 0.2) is 0 Å². The van der Waals surface area contributed by atoms with Crippen LogP contribution in [-0.2, 0) is 0 Å². The Hall–Kier alpha value is -1.68. The van der Waals surface area contributed by atoms with Gasteiger partial charge < -0.3 is 4.90 Å². The number of anilines is 1. The van der Waals surface area contributed by atoms with E-state index in [1.54, 1.807) is 16.8 Å². The van der Waals surface area contributed by atoms with Crippen molar-refractivity contribution in [1.82, 2.24) is 15.1 Å². The zero-order valence-corrected chi connectivity index (χ0v) is 13.4. The Balaban J connectivity index is 3.00. The van der Waals surface area contributed by atoms with Crippen LogP contribution in [0.3, 0.4) is 0 Å². The fraction of sp³-hybridized carbons (Fsp3) is 0.692. The topological polar surface area (TPSA) is 73.1 Å². The van der Waals surface area contributed by atoms with Gasteiger partial charge in [0.1, 0.15) is 5.01 Å². The van der Waals surface area contributed by atoms with Crippen LogP contribution in [0.1, 0.15) is 45.0 Å². The van der Waals surface area contributed by atoms with Gasteiger partial charge in [-0.2, -0.15) is 5.26 Å². The zero-order valence-electron chi connectivity index (χ0n) is 12.6. The largest absolute Gasteiger partial charge is 0.328 e. The van der Waals surface area contributed by atoms with Crippen molar-refractivity contribution in [2.75, 3.05) is 18.5 Å². The summed E-state index contributed by atoms with van der Waals surface area (Å²) in [6.45, 7) is 8.39. The van der Waals surface area contributed by atoms with Gasteiger partial charge in [-0.25, -0.2) is 4.79 Å². The van der Waals surface area contributed by atoms with Crippen molar-refractivity contribution < 1.29 is 4.79 Å². The van der Waals surface area contributed by atoms with Crippen molar-refractivity contribution >= 4 is 22.5 Å². The van der Waals surface area contributed by atoms with E-state index in [4.69, 9.17) is 5.26 Å². The summed E-state index contributed by atoms with van der Waals surface area (Å²) in [5.74, 6) is 0.0410. The molecule has 2 amide bonds. The summed E-state index contributed by atoms with van der Waals surface area (Å²) in [4.78, 5) is 15.6. The Morgan fingerprint density at radius 3 is 2.55 bits per heavy atom. The molecule has 1 unspecified atom stereocenters. The summed E-state index contributed by atoms with van der Waals surface area (Å²) in [6.07, 6.45) is 0.402. The summed E-state index contributed by atoms with van der Waals surface area (Å²) in [5, 5.41) is 18.3. The molecule has 0 bridgehead atoms. The molecule has 0 aliphatic carbocycles. The maximum atomic E-state index is 12.4. The lowest BCUT2D eigenvalue weighted by molar-refractivity contribution is 0.216. The smallest absolute Gasteiger partial charge is 0.326 e. The number of amides is 2. The standard InChI is InChI=1S/C13H21N5OS/c1-6-17(5)13(19)18(9(2)3)12-16-15-11(20-12)10(4)7-8-14/h9-10H,6-7H2,1-5H3. The number of hydrogen-bond donors (Lipinski definition) is 0. The third-order valence-corrected chi connectivity index (χ3v) is 4.13. The summed E-state index contributed by atoms with van der Waals surface area (Å²) in [5.41, 5.74) is 0. The molecular weight excluding hydrogens is 274 g/mol. The fourth-order valence-electron chi connectivity index (χ4n) is 1.59. The predicted molar refractivity (Wildman–Crippen MR) is 79.9 cm³/mol. The SMILES string of the molecule is CCN(C)C(=O)N(c1nnc(C(C)CC#N)s1)C(C)C. The van der Waals surface area contributed by atoms with E-state index in [1.165, 1.54) is 11.3 Å². The Labute approximate surface area is 124 Å². The molecular formula is C13H21N5OS. The van der Waals surface area contributed by atoms with Gasteiger partial charge in [0.2, 0.25) is 5.13 Å². The van der Waals surface area contributed by atoms with Gasteiger partial charge in [0.05, 0.1) is 6.07 Å². The molecule has 0 fully saturated rings. The Morgan fingerprint density at radius 2 is 2.05 bits per heavy atom. The molecule has 1 rings (SSSR count). The van der Waals surface area contributed by atoms with Crippen molar-refractivity contribution in [3.8, 4) is 6.07 Å². The number of carbonyl (C=O) groups is 1. The highest BCUT2D eigenvalue weighted by atomic mass is 32.1. The Bertz CT molecular complexity index is 493. The molecule has 7 heteroatoms. The highest BCUT2D eigenvalue weighted by Crippen LogP contribution is 2.29. The molecule has 0 radical (unpaired) electrons. The van der Waals surface area contributed by atoms with E-state index in [0.717, 1.165) is 5.01 Å². The third-order valence-electron chi connectivity index (χ3n) is 2.98. The number of rotatable bonds is 5. The van der Waals surface area contributed by atoms with Gasteiger partial charge in [-0.05, 0) is 20.8 Å². The molecule has 0 saturated heterocycles. The van der Waals surface area contributed by atoms with Gasteiger partial charge in [-0.3, -0.25) is 4.90 Å². The molecule has 1 aromatic rings. The highest BCUT2D eigenvalue weighted by Gasteiger charge is 2.26. The first-order valence-corrected chi connectivity index (χ1v) is 7.48. The van der Waals surface area contributed by atoms with Crippen LogP contribution < -0.4 is 4.90 Å². The van der Waals surface area contributed by atoms with E-state index < -0.39 is 0 Å². The van der Waals surface area contributed by atoms with Crippen LogP contribution in [0.25, 0.3) is 0 Å². The molecule has 0 aliphatic heterocycles. The number of urea groups is 1. The number of hydrogen-bond acceptors (Lipinski definition) is 5. The molecule has 0 N–H and O–H groups in total. The minimum absolute atomic E-state index is 0.00331. The van der Waals surface area contributed by atoms with E-state index in [-0.39, 0.29) is 18.0 Å².